The summed E-state index contributed by atoms with van der Waals surface area (Å²) < 4.78 is 6.57. The van der Waals surface area contributed by atoms with Crippen molar-refractivity contribution < 1.29 is 4.74 Å². The molecule has 1 aromatic rings. The molecule has 1 N–H and O–H groups in total. The Morgan fingerprint density at radius 2 is 2.10 bits per heavy atom. The van der Waals surface area contributed by atoms with E-state index in [1.54, 1.807) is 0 Å². The Labute approximate surface area is 131 Å². The molecule has 0 atom stereocenters. The number of nitrogens with one attached hydrogen (secondary N) is 1. The summed E-state index contributed by atoms with van der Waals surface area (Å²) in [6.45, 7) is 10.7. The fraction of sp³-hybridized carbons (Fsp3) is 0.625. The molecule has 1 rings (SSSR count). The number of likely N-dealkylation sites (N-methyl/N-ethyl adjacent to an activating group) is 1. The van der Waals surface area contributed by atoms with E-state index in [1.807, 2.05) is 6.92 Å². The zero-order chi connectivity index (χ0) is 15.0. The molecular weight excluding hydrogens is 316 g/mol. The molecule has 3 nitrogen and oxygen atoms in total. The quantitative estimate of drug-likeness (QED) is 0.696. The van der Waals surface area contributed by atoms with Gasteiger partial charge in [0.15, 0.2) is 0 Å². The predicted octanol–water partition coefficient (Wildman–Crippen LogP) is 3.42. The number of nitrogens with zero attached hydrogens (tertiary/aromatic N) is 1. The molecule has 1 aromatic carbocycles. The monoisotopic (exact) mass is 342 g/mol. The predicted molar refractivity (Wildman–Crippen MR) is 88.9 cm³/mol. The molecule has 0 radical (unpaired) electrons. The summed E-state index contributed by atoms with van der Waals surface area (Å²) in [5, 5.41) is 3.44. The molecule has 0 heterocycles. The maximum Gasteiger partial charge on any atom is 0.0593 e. The second-order valence-corrected chi connectivity index (χ2v) is 6.25. The van der Waals surface area contributed by atoms with E-state index in [-0.39, 0.29) is 0 Å². The van der Waals surface area contributed by atoms with Crippen molar-refractivity contribution >= 4 is 15.9 Å². The summed E-state index contributed by atoms with van der Waals surface area (Å²) in [5.41, 5.74) is 2.63. The summed E-state index contributed by atoms with van der Waals surface area (Å²) in [7, 11) is 2.12. The highest BCUT2D eigenvalue weighted by Crippen LogP contribution is 2.20. The summed E-state index contributed by atoms with van der Waals surface area (Å²) in [6.07, 6.45) is 0. The molecule has 0 amide bonds. The minimum Gasteiger partial charge on any atom is -0.380 e. The van der Waals surface area contributed by atoms with E-state index in [2.05, 4.69) is 65.2 Å². The Morgan fingerprint density at radius 3 is 2.70 bits per heavy atom. The van der Waals surface area contributed by atoms with Gasteiger partial charge in [-0.3, -0.25) is 4.90 Å². The third-order valence-electron chi connectivity index (χ3n) is 3.09. The molecule has 0 aliphatic rings. The summed E-state index contributed by atoms with van der Waals surface area (Å²) >= 11 is 3.68. The normalized spacial score (nSPS) is 11.6. The molecule has 0 bridgehead atoms. The van der Waals surface area contributed by atoms with Crippen LogP contribution in [0.4, 0.5) is 0 Å². The molecule has 0 aliphatic carbocycles. The number of hydrogen-bond acceptors (Lipinski definition) is 3. The number of benzene rings is 1. The molecule has 0 saturated carbocycles. The van der Waals surface area contributed by atoms with Gasteiger partial charge < -0.3 is 10.1 Å². The average molecular weight is 343 g/mol. The first-order valence-electron chi connectivity index (χ1n) is 7.30. The number of halogens is 1. The Morgan fingerprint density at radius 1 is 1.35 bits per heavy atom. The van der Waals surface area contributed by atoms with Gasteiger partial charge >= 0.3 is 0 Å². The van der Waals surface area contributed by atoms with Gasteiger partial charge in [0.2, 0.25) is 0 Å². The van der Waals surface area contributed by atoms with E-state index in [1.165, 1.54) is 15.6 Å². The van der Waals surface area contributed by atoms with Gasteiger partial charge in [-0.1, -0.05) is 41.9 Å². The van der Waals surface area contributed by atoms with Crippen LogP contribution in [0.25, 0.3) is 0 Å². The Bertz CT molecular complexity index is 396. The van der Waals surface area contributed by atoms with Crippen molar-refractivity contribution in [1.29, 1.82) is 0 Å². The second-order valence-electron chi connectivity index (χ2n) is 5.40. The Balaban J connectivity index is 2.50. The van der Waals surface area contributed by atoms with E-state index >= 15 is 0 Å². The van der Waals surface area contributed by atoms with Gasteiger partial charge in [0, 0.05) is 36.8 Å². The highest BCUT2D eigenvalue weighted by atomic mass is 79.9. The summed E-state index contributed by atoms with van der Waals surface area (Å²) in [6, 6.07) is 7.13. The van der Waals surface area contributed by atoms with E-state index in [4.69, 9.17) is 4.74 Å². The molecule has 0 aromatic heterocycles. The molecule has 0 saturated heterocycles. The van der Waals surface area contributed by atoms with Crippen molar-refractivity contribution in [3.05, 3.63) is 33.8 Å². The lowest BCUT2D eigenvalue weighted by atomic mass is 10.1. The van der Waals surface area contributed by atoms with E-state index < -0.39 is 0 Å². The maximum atomic E-state index is 5.38. The van der Waals surface area contributed by atoms with Crippen LogP contribution >= 0.6 is 15.9 Å². The molecule has 0 aliphatic heterocycles. The SMILES string of the molecule is CCOCCN(C)Cc1ccc(CNC(C)C)cc1Br. The van der Waals surface area contributed by atoms with Crippen LogP contribution < -0.4 is 5.32 Å². The van der Waals surface area contributed by atoms with Gasteiger partial charge in [0.05, 0.1) is 6.61 Å². The highest BCUT2D eigenvalue weighted by molar-refractivity contribution is 9.10. The van der Waals surface area contributed by atoms with Crippen molar-refractivity contribution in [3.63, 3.8) is 0 Å². The highest BCUT2D eigenvalue weighted by Gasteiger charge is 2.05. The van der Waals surface area contributed by atoms with Crippen LogP contribution in [0.15, 0.2) is 22.7 Å². The van der Waals surface area contributed by atoms with Crippen molar-refractivity contribution in [2.45, 2.75) is 39.9 Å². The maximum absolute atomic E-state index is 5.38. The third-order valence-corrected chi connectivity index (χ3v) is 3.83. The molecule has 0 fully saturated rings. The minimum absolute atomic E-state index is 0.512. The molecule has 0 spiro atoms. The van der Waals surface area contributed by atoms with Crippen molar-refractivity contribution in [3.8, 4) is 0 Å². The van der Waals surface area contributed by atoms with Crippen LogP contribution in [-0.2, 0) is 17.8 Å². The Kier molecular flexibility index (Phi) is 8.38. The van der Waals surface area contributed by atoms with Gasteiger partial charge in [0.1, 0.15) is 0 Å². The minimum atomic E-state index is 0.512. The largest absolute Gasteiger partial charge is 0.380 e. The first-order valence-corrected chi connectivity index (χ1v) is 8.09. The van der Waals surface area contributed by atoms with Crippen molar-refractivity contribution in [2.75, 3.05) is 26.8 Å². The van der Waals surface area contributed by atoms with Crippen molar-refractivity contribution in [1.82, 2.24) is 10.2 Å². The van der Waals surface area contributed by atoms with Crippen LogP contribution in [0.5, 0.6) is 0 Å². The van der Waals surface area contributed by atoms with Crippen LogP contribution in [0, 0.1) is 0 Å². The average Bonchev–Trinajstić information content (AvgIpc) is 2.39. The lowest BCUT2D eigenvalue weighted by Gasteiger charge is -2.18. The topological polar surface area (TPSA) is 24.5 Å². The molecule has 114 valence electrons. The van der Waals surface area contributed by atoms with E-state index in [0.717, 1.165) is 32.8 Å². The molecule has 4 heteroatoms. The zero-order valence-corrected chi connectivity index (χ0v) is 14.7. The molecule has 20 heavy (non-hydrogen) atoms. The zero-order valence-electron chi connectivity index (χ0n) is 13.1. The summed E-state index contributed by atoms with van der Waals surface area (Å²) in [5.74, 6) is 0. The standard InChI is InChI=1S/C16H27BrN2O/c1-5-20-9-8-19(4)12-15-7-6-14(10-16(15)17)11-18-13(2)3/h6-7,10,13,18H,5,8-9,11-12H2,1-4H3. The lowest BCUT2D eigenvalue weighted by Crippen LogP contribution is -2.23. The number of ether oxygens (including phenoxy) is 1. The van der Waals surface area contributed by atoms with Crippen LogP contribution in [0.1, 0.15) is 31.9 Å². The molecule has 0 unspecified atom stereocenters. The van der Waals surface area contributed by atoms with Gasteiger partial charge in [0.25, 0.3) is 0 Å². The summed E-state index contributed by atoms with van der Waals surface area (Å²) in [4.78, 5) is 2.28. The van der Waals surface area contributed by atoms with Gasteiger partial charge in [-0.25, -0.2) is 0 Å². The third kappa shape index (κ3) is 6.84. The van der Waals surface area contributed by atoms with E-state index in [0.29, 0.717) is 6.04 Å². The van der Waals surface area contributed by atoms with Crippen LogP contribution in [0.2, 0.25) is 0 Å². The Hall–Kier alpha value is -0.420. The fourth-order valence-electron chi connectivity index (χ4n) is 1.89. The van der Waals surface area contributed by atoms with Gasteiger partial charge in [-0.2, -0.15) is 0 Å². The first kappa shape index (κ1) is 17.6. The van der Waals surface area contributed by atoms with Gasteiger partial charge in [-0.15, -0.1) is 0 Å². The van der Waals surface area contributed by atoms with Crippen molar-refractivity contribution in [2.24, 2.45) is 0 Å². The smallest absolute Gasteiger partial charge is 0.0593 e. The van der Waals surface area contributed by atoms with E-state index in [9.17, 15) is 0 Å². The lowest BCUT2D eigenvalue weighted by molar-refractivity contribution is 0.120. The van der Waals surface area contributed by atoms with Crippen LogP contribution in [0.3, 0.4) is 0 Å². The van der Waals surface area contributed by atoms with Gasteiger partial charge in [-0.05, 0) is 31.2 Å². The number of rotatable bonds is 9. The van der Waals surface area contributed by atoms with Crippen LogP contribution in [-0.4, -0.2) is 37.7 Å². The second kappa shape index (κ2) is 9.50. The fourth-order valence-corrected chi connectivity index (χ4v) is 2.44. The molecular formula is C16H27BrN2O. The number of hydrogen-bond donors (Lipinski definition) is 1. The first-order chi connectivity index (χ1) is 9.52.